The normalized spacial score (nSPS) is 14.7. The lowest BCUT2D eigenvalue weighted by atomic mass is 10.2. The number of aromatic nitrogens is 1. The van der Waals surface area contributed by atoms with E-state index in [0.29, 0.717) is 24.7 Å². The quantitative estimate of drug-likeness (QED) is 0.320. The zero-order chi connectivity index (χ0) is 21.3. The highest BCUT2D eigenvalue weighted by atomic mass is 127. The second-order valence-corrected chi connectivity index (χ2v) is 7.88. The van der Waals surface area contributed by atoms with Crippen LogP contribution in [0.4, 0.5) is 5.82 Å². The molecule has 170 valence electrons. The van der Waals surface area contributed by atoms with Gasteiger partial charge in [0, 0.05) is 58.0 Å². The molecule has 1 aliphatic heterocycles. The molecule has 0 atom stereocenters. The highest BCUT2D eigenvalue weighted by Gasteiger charge is 2.15. The molecule has 9 heteroatoms. The van der Waals surface area contributed by atoms with Gasteiger partial charge in [0.15, 0.2) is 5.96 Å². The minimum Gasteiger partial charge on any atom is -0.492 e. The third kappa shape index (κ3) is 8.01. The van der Waals surface area contributed by atoms with E-state index in [-0.39, 0.29) is 24.0 Å². The molecule has 1 saturated heterocycles. The van der Waals surface area contributed by atoms with Gasteiger partial charge < -0.3 is 24.8 Å². The number of nitrogens with one attached hydrogen (secondary N) is 1. The van der Waals surface area contributed by atoms with Crippen molar-refractivity contribution in [2.45, 2.75) is 6.54 Å². The Morgan fingerprint density at radius 1 is 1.16 bits per heavy atom. The summed E-state index contributed by atoms with van der Waals surface area (Å²) in [5, 5.41) is 4.09. The van der Waals surface area contributed by atoms with Crippen molar-refractivity contribution in [2.24, 2.45) is 4.99 Å². The zero-order valence-electron chi connectivity index (χ0n) is 18.4. The Balaban J connectivity index is 0.00000341. The molecule has 0 saturated carbocycles. The van der Waals surface area contributed by atoms with Crippen molar-refractivity contribution in [1.29, 1.82) is 0 Å². The van der Waals surface area contributed by atoms with Gasteiger partial charge in [-0.05, 0) is 42.9 Å². The number of halogens is 2. The third-order valence-corrected chi connectivity index (χ3v) is 5.42. The van der Waals surface area contributed by atoms with Crippen molar-refractivity contribution in [3.05, 3.63) is 53.2 Å². The van der Waals surface area contributed by atoms with Gasteiger partial charge in [-0.25, -0.2) is 4.98 Å². The molecule has 0 amide bonds. The number of likely N-dealkylation sites (N-methyl/N-ethyl adjacent to an activating group) is 2. The maximum absolute atomic E-state index is 5.90. The van der Waals surface area contributed by atoms with Crippen LogP contribution in [-0.2, 0) is 6.54 Å². The van der Waals surface area contributed by atoms with Crippen LogP contribution in [0.2, 0.25) is 5.02 Å². The Morgan fingerprint density at radius 3 is 2.48 bits per heavy atom. The van der Waals surface area contributed by atoms with Crippen LogP contribution in [0.15, 0.2) is 47.6 Å². The Hall–Kier alpha value is -1.78. The first kappa shape index (κ1) is 25.5. The van der Waals surface area contributed by atoms with Crippen LogP contribution in [0.3, 0.4) is 0 Å². The highest BCUT2D eigenvalue weighted by Crippen LogP contribution is 2.15. The molecule has 7 nitrogen and oxygen atoms in total. The van der Waals surface area contributed by atoms with Crippen molar-refractivity contribution in [3.8, 4) is 5.75 Å². The summed E-state index contributed by atoms with van der Waals surface area (Å²) in [6, 6.07) is 11.6. The molecule has 0 bridgehead atoms. The van der Waals surface area contributed by atoms with E-state index in [2.05, 4.69) is 44.3 Å². The Morgan fingerprint density at radius 2 is 1.87 bits per heavy atom. The number of rotatable bonds is 7. The van der Waals surface area contributed by atoms with E-state index in [0.717, 1.165) is 49.3 Å². The predicted octanol–water partition coefficient (Wildman–Crippen LogP) is 3.19. The Kier molecular flexibility index (Phi) is 10.6. The highest BCUT2D eigenvalue weighted by molar-refractivity contribution is 14.0. The van der Waals surface area contributed by atoms with Gasteiger partial charge in [-0.1, -0.05) is 17.7 Å². The summed E-state index contributed by atoms with van der Waals surface area (Å²) >= 11 is 5.90. The first-order valence-corrected chi connectivity index (χ1v) is 10.6. The van der Waals surface area contributed by atoms with Crippen LogP contribution in [0.5, 0.6) is 5.75 Å². The van der Waals surface area contributed by atoms with E-state index >= 15 is 0 Å². The van der Waals surface area contributed by atoms with Gasteiger partial charge in [0.25, 0.3) is 0 Å². The summed E-state index contributed by atoms with van der Waals surface area (Å²) in [6.45, 7) is 6.14. The number of guanidine groups is 1. The second-order valence-electron chi connectivity index (χ2n) is 7.44. The van der Waals surface area contributed by atoms with E-state index in [1.165, 1.54) is 0 Å². The van der Waals surface area contributed by atoms with Crippen molar-refractivity contribution in [3.63, 3.8) is 0 Å². The van der Waals surface area contributed by atoms with Crippen molar-refractivity contribution < 1.29 is 4.74 Å². The Labute approximate surface area is 207 Å². The minimum absolute atomic E-state index is 0. The first-order valence-electron chi connectivity index (χ1n) is 10.2. The van der Waals surface area contributed by atoms with E-state index in [1.807, 2.05) is 42.4 Å². The molecule has 0 spiro atoms. The lowest BCUT2D eigenvalue weighted by Gasteiger charge is -2.33. The molecule has 1 aliphatic rings. The smallest absolute Gasteiger partial charge is 0.193 e. The van der Waals surface area contributed by atoms with Gasteiger partial charge in [-0.15, -0.1) is 24.0 Å². The molecule has 0 aliphatic carbocycles. The van der Waals surface area contributed by atoms with Gasteiger partial charge in [0.1, 0.15) is 18.2 Å². The predicted molar refractivity (Wildman–Crippen MR) is 139 cm³/mol. The summed E-state index contributed by atoms with van der Waals surface area (Å²) in [5.41, 5.74) is 1.12. The van der Waals surface area contributed by atoms with Gasteiger partial charge >= 0.3 is 0 Å². The molecular formula is C22H32ClIN6O. The molecule has 0 unspecified atom stereocenters. The minimum atomic E-state index is 0. The van der Waals surface area contributed by atoms with Crippen LogP contribution in [0, 0.1) is 0 Å². The van der Waals surface area contributed by atoms with E-state index in [1.54, 1.807) is 7.05 Å². The molecule has 1 aromatic heterocycles. The molecule has 1 aromatic carbocycles. The van der Waals surface area contributed by atoms with Gasteiger partial charge in [-0.3, -0.25) is 4.99 Å². The number of nitrogens with zero attached hydrogens (tertiary/aromatic N) is 5. The van der Waals surface area contributed by atoms with Crippen LogP contribution in [-0.4, -0.2) is 81.2 Å². The standard InChI is InChI=1S/C22H31ClN6O.HI/c1-24-22(28(3)14-15-30-20-7-5-19(23)6-8-20)26-17-18-4-9-21(25-16-18)29-12-10-27(2)11-13-29;/h4-9,16H,10-15,17H2,1-3H3,(H,24,26);1H. The third-order valence-electron chi connectivity index (χ3n) is 5.17. The fourth-order valence-electron chi connectivity index (χ4n) is 3.25. The molecule has 31 heavy (non-hydrogen) atoms. The second kappa shape index (κ2) is 12.9. The van der Waals surface area contributed by atoms with E-state index < -0.39 is 0 Å². The van der Waals surface area contributed by atoms with Gasteiger partial charge in [-0.2, -0.15) is 0 Å². The molecule has 2 aromatic rings. The number of benzene rings is 1. The number of hydrogen-bond donors (Lipinski definition) is 1. The molecule has 1 fully saturated rings. The Bertz CT molecular complexity index is 810. The summed E-state index contributed by atoms with van der Waals surface area (Å²) < 4.78 is 5.77. The lowest BCUT2D eigenvalue weighted by Crippen LogP contribution is -2.44. The largest absolute Gasteiger partial charge is 0.492 e. The number of piperazine rings is 1. The topological polar surface area (TPSA) is 56.2 Å². The summed E-state index contributed by atoms with van der Waals surface area (Å²) in [4.78, 5) is 15.7. The van der Waals surface area contributed by atoms with Gasteiger partial charge in [0.05, 0.1) is 6.54 Å². The molecular weight excluding hydrogens is 527 g/mol. The van der Waals surface area contributed by atoms with Crippen molar-refractivity contribution in [1.82, 2.24) is 20.1 Å². The maximum atomic E-state index is 5.90. The molecule has 2 heterocycles. The maximum Gasteiger partial charge on any atom is 0.193 e. The number of ether oxygens (including phenoxy) is 1. The summed E-state index contributed by atoms with van der Waals surface area (Å²) in [7, 11) is 5.94. The SMILES string of the molecule is CN=C(NCc1ccc(N2CCN(C)CC2)nc1)N(C)CCOc1ccc(Cl)cc1.I. The van der Waals surface area contributed by atoms with E-state index in [9.17, 15) is 0 Å². The zero-order valence-corrected chi connectivity index (χ0v) is 21.5. The average molecular weight is 559 g/mol. The monoisotopic (exact) mass is 558 g/mol. The van der Waals surface area contributed by atoms with Crippen LogP contribution >= 0.6 is 35.6 Å². The molecule has 3 rings (SSSR count). The van der Waals surface area contributed by atoms with Crippen LogP contribution in [0.25, 0.3) is 0 Å². The van der Waals surface area contributed by atoms with Crippen LogP contribution < -0.4 is 15.0 Å². The summed E-state index contributed by atoms with van der Waals surface area (Å²) in [5.74, 6) is 2.67. The fraction of sp³-hybridized carbons (Fsp3) is 0.455. The van der Waals surface area contributed by atoms with E-state index in [4.69, 9.17) is 16.3 Å². The first-order chi connectivity index (χ1) is 14.5. The number of anilines is 1. The number of pyridine rings is 1. The fourth-order valence-corrected chi connectivity index (χ4v) is 3.37. The van der Waals surface area contributed by atoms with Crippen molar-refractivity contribution in [2.75, 3.05) is 65.4 Å². The lowest BCUT2D eigenvalue weighted by molar-refractivity contribution is 0.281. The average Bonchev–Trinajstić information content (AvgIpc) is 2.76. The number of hydrogen-bond acceptors (Lipinski definition) is 5. The van der Waals surface area contributed by atoms with Crippen molar-refractivity contribution >= 4 is 47.4 Å². The summed E-state index contributed by atoms with van der Waals surface area (Å²) in [6.07, 6.45) is 1.94. The molecule has 1 N–H and O–H groups in total. The van der Waals surface area contributed by atoms with Crippen LogP contribution in [0.1, 0.15) is 5.56 Å². The molecule has 0 radical (unpaired) electrons. The van der Waals surface area contributed by atoms with Gasteiger partial charge in [0.2, 0.25) is 0 Å². The number of aliphatic imine (C=N–C) groups is 1.